The van der Waals surface area contributed by atoms with E-state index in [1.165, 1.54) is 18.4 Å². The van der Waals surface area contributed by atoms with Crippen LogP contribution in [-0.2, 0) is 4.79 Å². The number of carbonyl (C=O) groups excluding carboxylic acids is 1. The van der Waals surface area contributed by atoms with Crippen molar-refractivity contribution in [3.8, 4) is 0 Å². The lowest BCUT2D eigenvalue weighted by molar-refractivity contribution is -0.123. The lowest BCUT2D eigenvalue weighted by Crippen LogP contribution is -2.46. The van der Waals surface area contributed by atoms with Gasteiger partial charge in [0, 0.05) is 17.1 Å². The number of hydrogen-bond acceptors (Lipinski definition) is 3. The molecule has 1 unspecified atom stereocenters. The van der Waals surface area contributed by atoms with Gasteiger partial charge in [-0.3, -0.25) is 4.79 Å². The van der Waals surface area contributed by atoms with Crippen molar-refractivity contribution in [2.45, 2.75) is 43.8 Å². The number of fused-ring (bicyclic) bond motifs is 2. The standard InChI is InChI=1S/C19H28ClN3O/c1-22(2)12-18(24)21-19(13-4-6-15(20)7-5-13)14-10-16-8-9-17(11-14)23(16)3/h4-7,14,16-17,19H,8-12H2,1-3H3,(H,21,24)/t14?,16-,17+,19-/m1/s1. The number of likely N-dealkylation sites (N-methyl/N-ethyl adjacent to an activating group) is 1. The predicted molar refractivity (Wildman–Crippen MR) is 98.2 cm³/mol. The first-order chi connectivity index (χ1) is 11.4. The van der Waals surface area contributed by atoms with Crippen molar-refractivity contribution in [1.29, 1.82) is 0 Å². The summed E-state index contributed by atoms with van der Waals surface area (Å²) in [6.07, 6.45) is 4.89. The highest BCUT2D eigenvalue weighted by atomic mass is 35.5. The molecule has 0 aliphatic carbocycles. The van der Waals surface area contributed by atoms with Crippen LogP contribution in [0.3, 0.4) is 0 Å². The first-order valence-electron chi connectivity index (χ1n) is 8.85. The molecule has 24 heavy (non-hydrogen) atoms. The van der Waals surface area contributed by atoms with E-state index in [9.17, 15) is 4.79 Å². The number of halogens is 1. The summed E-state index contributed by atoms with van der Waals surface area (Å²) in [5.41, 5.74) is 1.17. The molecule has 3 rings (SSSR count). The van der Waals surface area contributed by atoms with Gasteiger partial charge in [-0.25, -0.2) is 0 Å². The van der Waals surface area contributed by atoms with Crippen LogP contribution >= 0.6 is 11.6 Å². The highest BCUT2D eigenvalue weighted by molar-refractivity contribution is 6.30. The van der Waals surface area contributed by atoms with Crippen LogP contribution in [0.25, 0.3) is 0 Å². The van der Waals surface area contributed by atoms with Crippen LogP contribution in [0.1, 0.15) is 37.3 Å². The summed E-state index contributed by atoms with van der Waals surface area (Å²) < 4.78 is 0. The summed E-state index contributed by atoms with van der Waals surface area (Å²) >= 11 is 6.05. The first-order valence-corrected chi connectivity index (χ1v) is 9.23. The molecular formula is C19H28ClN3O. The minimum Gasteiger partial charge on any atom is -0.348 e. The first kappa shape index (κ1) is 17.7. The Morgan fingerprint density at radius 3 is 2.38 bits per heavy atom. The number of piperidine rings is 1. The Labute approximate surface area is 150 Å². The number of carbonyl (C=O) groups is 1. The van der Waals surface area contributed by atoms with Gasteiger partial charge in [0.2, 0.25) is 5.91 Å². The van der Waals surface area contributed by atoms with E-state index >= 15 is 0 Å². The number of rotatable bonds is 5. The van der Waals surface area contributed by atoms with Crippen molar-refractivity contribution < 1.29 is 4.79 Å². The number of nitrogens with zero attached hydrogens (tertiary/aromatic N) is 2. The zero-order chi connectivity index (χ0) is 17.3. The van der Waals surface area contributed by atoms with Crippen molar-refractivity contribution in [3.05, 3.63) is 34.9 Å². The van der Waals surface area contributed by atoms with E-state index in [1.807, 2.05) is 31.1 Å². The number of hydrogen-bond donors (Lipinski definition) is 1. The SMILES string of the molecule is CN(C)CC(=O)N[C@H](c1ccc(Cl)cc1)C1C[C@H]2CC[C@@H](C1)N2C. The lowest BCUT2D eigenvalue weighted by Gasteiger charge is -2.40. The molecule has 0 saturated carbocycles. The second-order valence-electron chi connectivity index (χ2n) is 7.62. The Balaban J connectivity index is 1.79. The molecule has 132 valence electrons. The second-order valence-corrected chi connectivity index (χ2v) is 8.05. The normalized spacial score (nSPS) is 28.1. The zero-order valence-electron chi connectivity index (χ0n) is 14.8. The lowest BCUT2D eigenvalue weighted by atomic mass is 9.82. The molecule has 1 aromatic carbocycles. The van der Waals surface area contributed by atoms with Gasteiger partial charge in [0.05, 0.1) is 12.6 Å². The van der Waals surface area contributed by atoms with E-state index in [0.29, 0.717) is 24.5 Å². The van der Waals surface area contributed by atoms with E-state index in [0.717, 1.165) is 17.9 Å². The Hall–Kier alpha value is -1.10. The van der Waals surface area contributed by atoms with Gasteiger partial charge in [-0.15, -0.1) is 0 Å². The van der Waals surface area contributed by atoms with Crippen LogP contribution in [0.2, 0.25) is 5.02 Å². The molecule has 4 nitrogen and oxygen atoms in total. The van der Waals surface area contributed by atoms with Crippen molar-refractivity contribution in [2.75, 3.05) is 27.7 Å². The predicted octanol–water partition coefficient (Wildman–Crippen LogP) is 2.93. The highest BCUT2D eigenvalue weighted by Gasteiger charge is 2.41. The van der Waals surface area contributed by atoms with E-state index in [-0.39, 0.29) is 11.9 Å². The van der Waals surface area contributed by atoms with E-state index < -0.39 is 0 Å². The molecule has 1 aromatic rings. The van der Waals surface area contributed by atoms with Gasteiger partial charge in [-0.05, 0) is 70.4 Å². The summed E-state index contributed by atoms with van der Waals surface area (Å²) in [7, 11) is 6.10. The van der Waals surface area contributed by atoms with Crippen LogP contribution in [0.15, 0.2) is 24.3 Å². The molecule has 4 atom stereocenters. The molecule has 0 aromatic heterocycles. The van der Waals surface area contributed by atoms with Crippen molar-refractivity contribution in [2.24, 2.45) is 5.92 Å². The molecular weight excluding hydrogens is 322 g/mol. The maximum absolute atomic E-state index is 12.4. The van der Waals surface area contributed by atoms with Crippen LogP contribution in [0.5, 0.6) is 0 Å². The van der Waals surface area contributed by atoms with Gasteiger partial charge >= 0.3 is 0 Å². The van der Waals surface area contributed by atoms with Crippen molar-refractivity contribution in [1.82, 2.24) is 15.1 Å². The van der Waals surface area contributed by atoms with Gasteiger partial charge in [-0.1, -0.05) is 23.7 Å². The Morgan fingerprint density at radius 1 is 1.25 bits per heavy atom. The number of amides is 1. The van der Waals surface area contributed by atoms with Gasteiger partial charge in [0.15, 0.2) is 0 Å². The number of nitrogens with one attached hydrogen (secondary N) is 1. The molecule has 0 radical (unpaired) electrons. The highest BCUT2D eigenvalue weighted by Crippen LogP contribution is 2.42. The maximum atomic E-state index is 12.4. The number of benzene rings is 1. The maximum Gasteiger partial charge on any atom is 0.234 e. The van der Waals surface area contributed by atoms with Gasteiger partial charge < -0.3 is 15.1 Å². The molecule has 1 N–H and O–H groups in total. The summed E-state index contributed by atoms with van der Waals surface area (Å²) in [6.45, 7) is 0.420. The summed E-state index contributed by atoms with van der Waals surface area (Å²) in [5.74, 6) is 0.581. The van der Waals surface area contributed by atoms with Crippen molar-refractivity contribution >= 4 is 17.5 Å². The summed E-state index contributed by atoms with van der Waals surface area (Å²) in [4.78, 5) is 16.8. The van der Waals surface area contributed by atoms with Crippen LogP contribution in [0.4, 0.5) is 0 Å². The van der Waals surface area contributed by atoms with E-state index in [2.05, 4.69) is 29.4 Å². The molecule has 0 spiro atoms. The topological polar surface area (TPSA) is 35.6 Å². The fourth-order valence-corrected chi connectivity index (χ4v) is 4.50. The fraction of sp³-hybridized carbons (Fsp3) is 0.632. The molecule has 2 heterocycles. The zero-order valence-corrected chi connectivity index (χ0v) is 15.6. The third kappa shape index (κ3) is 3.93. The minimum absolute atomic E-state index is 0.0755. The second kappa shape index (κ2) is 7.42. The smallest absolute Gasteiger partial charge is 0.234 e. The Bertz CT molecular complexity index is 560. The van der Waals surface area contributed by atoms with Crippen molar-refractivity contribution in [3.63, 3.8) is 0 Å². The summed E-state index contributed by atoms with van der Waals surface area (Å²) in [5, 5.41) is 4.03. The van der Waals surface area contributed by atoms with Gasteiger partial charge in [0.1, 0.15) is 0 Å². The average Bonchev–Trinajstić information content (AvgIpc) is 2.74. The molecule has 1 amide bonds. The largest absolute Gasteiger partial charge is 0.348 e. The van der Waals surface area contributed by atoms with Crippen LogP contribution in [0, 0.1) is 5.92 Å². The molecule has 5 heteroatoms. The minimum atomic E-state index is 0.0755. The monoisotopic (exact) mass is 349 g/mol. The van der Waals surface area contributed by atoms with Crippen LogP contribution in [-0.4, -0.2) is 55.5 Å². The quantitative estimate of drug-likeness (QED) is 0.887. The third-order valence-corrected chi connectivity index (χ3v) is 5.86. The third-order valence-electron chi connectivity index (χ3n) is 5.61. The Kier molecular flexibility index (Phi) is 5.48. The molecule has 2 aliphatic rings. The van der Waals surface area contributed by atoms with E-state index in [4.69, 9.17) is 11.6 Å². The molecule has 2 saturated heterocycles. The van der Waals surface area contributed by atoms with Gasteiger partial charge in [0.25, 0.3) is 0 Å². The van der Waals surface area contributed by atoms with Crippen LogP contribution < -0.4 is 5.32 Å². The fourth-order valence-electron chi connectivity index (χ4n) is 4.38. The van der Waals surface area contributed by atoms with Gasteiger partial charge in [-0.2, -0.15) is 0 Å². The molecule has 2 aliphatic heterocycles. The summed E-state index contributed by atoms with van der Waals surface area (Å²) in [6, 6.07) is 9.36. The molecule has 2 fully saturated rings. The Morgan fingerprint density at radius 2 is 1.83 bits per heavy atom. The molecule has 2 bridgehead atoms. The average molecular weight is 350 g/mol. The van der Waals surface area contributed by atoms with E-state index in [1.54, 1.807) is 0 Å².